The summed E-state index contributed by atoms with van der Waals surface area (Å²) >= 11 is -0.0660. The van der Waals surface area contributed by atoms with E-state index in [2.05, 4.69) is 0 Å². The third-order valence-corrected chi connectivity index (χ3v) is 10.5. The molecule has 4 nitrogen and oxygen atoms in total. The van der Waals surface area contributed by atoms with Gasteiger partial charge in [0.1, 0.15) is 0 Å². The van der Waals surface area contributed by atoms with Crippen molar-refractivity contribution in [2.24, 2.45) is 0 Å². The van der Waals surface area contributed by atoms with Crippen molar-refractivity contribution >= 4 is 43.6 Å². The minimum absolute atomic E-state index is 0.0305. The summed E-state index contributed by atoms with van der Waals surface area (Å²) in [5.41, 5.74) is 1.52. The Labute approximate surface area is 201 Å². The molecule has 33 heavy (non-hydrogen) atoms. The minimum atomic E-state index is -3.41. The zero-order chi connectivity index (χ0) is 23.3. The van der Waals surface area contributed by atoms with Crippen molar-refractivity contribution in [1.29, 1.82) is 0 Å². The first kappa shape index (κ1) is 23.5. The third-order valence-electron chi connectivity index (χ3n) is 5.00. The van der Waals surface area contributed by atoms with Gasteiger partial charge in [0, 0.05) is 0 Å². The Bertz CT molecular complexity index is 1300. The van der Waals surface area contributed by atoms with Gasteiger partial charge in [0.2, 0.25) is 0 Å². The predicted molar refractivity (Wildman–Crippen MR) is 133 cm³/mol. The van der Waals surface area contributed by atoms with Gasteiger partial charge in [0.15, 0.2) is 0 Å². The van der Waals surface area contributed by atoms with E-state index in [4.69, 9.17) is 0 Å². The van der Waals surface area contributed by atoms with Crippen LogP contribution in [0.15, 0.2) is 119 Å². The summed E-state index contributed by atoms with van der Waals surface area (Å²) in [6.07, 6.45) is 0. The third kappa shape index (κ3) is 6.21. The molecule has 0 aromatic heterocycles. The van der Waals surface area contributed by atoms with Crippen LogP contribution in [0.1, 0.15) is 11.1 Å². The van der Waals surface area contributed by atoms with Gasteiger partial charge >= 0.3 is 202 Å². The Hall–Kier alpha value is -2.70. The van der Waals surface area contributed by atoms with Gasteiger partial charge in [0.05, 0.1) is 0 Å². The van der Waals surface area contributed by atoms with E-state index in [-0.39, 0.29) is 26.5 Å². The SMILES string of the molecule is O=S(=O)(Cc1ccccc1)c1ccc([Se]c2ccc(S(=O)(=O)Cc3ccccc3)cc2)cc1. The van der Waals surface area contributed by atoms with Gasteiger partial charge in [-0.1, -0.05) is 0 Å². The molecule has 0 heterocycles. The van der Waals surface area contributed by atoms with Gasteiger partial charge in [-0.15, -0.1) is 0 Å². The van der Waals surface area contributed by atoms with Crippen molar-refractivity contribution in [2.75, 3.05) is 0 Å². The Kier molecular flexibility index (Phi) is 7.15. The molecule has 0 saturated carbocycles. The van der Waals surface area contributed by atoms with E-state index >= 15 is 0 Å². The van der Waals surface area contributed by atoms with Crippen LogP contribution >= 0.6 is 0 Å². The molecule has 7 heteroatoms. The van der Waals surface area contributed by atoms with Crippen LogP contribution in [-0.2, 0) is 31.2 Å². The van der Waals surface area contributed by atoms with Crippen molar-refractivity contribution in [3.8, 4) is 0 Å². The Morgan fingerprint density at radius 1 is 0.455 bits per heavy atom. The molecular formula is C26H22O4S2Se. The van der Waals surface area contributed by atoms with E-state index in [9.17, 15) is 16.8 Å². The molecule has 0 spiro atoms. The first-order valence-electron chi connectivity index (χ1n) is 10.2. The average Bonchev–Trinajstić information content (AvgIpc) is 2.81. The fourth-order valence-electron chi connectivity index (χ4n) is 3.32. The second-order valence-corrected chi connectivity index (χ2v) is 13.9. The maximum atomic E-state index is 12.7. The van der Waals surface area contributed by atoms with Gasteiger partial charge < -0.3 is 0 Å². The standard InChI is InChI=1S/C26H22O4S2Se/c27-31(28,19-21-7-3-1-4-8-21)23-11-15-25(16-12-23)33-26-17-13-24(14-18-26)32(29,30)20-22-9-5-2-6-10-22/h1-18H,19-20H2. The molecule has 0 atom stereocenters. The fourth-order valence-corrected chi connectivity index (χ4v) is 7.73. The molecule has 0 aliphatic carbocycles. The first-order valence-corrected chi connectivity index (χ1v) is 15.2. The normalized spacial score (nSPS) is 11.9. The van der Waals surface area contributed by atoms with Crippen LogP contribution in [0.3, 0.4) is 0 Å². The second kappa shape index (κ2) is 10.1. The van der Waals surface area contributed by atoms with Crippen LogP contribution in [0.5, 0.6) is 0 Å². The number of sulfone groups is 2. The summed E-state index contributed by atoms with van der Waals surface area (Å²) in [4.78, 5) is 0.599. The van der Waals surface area contributed by atoms with E-state index in [0.29, 0.717) is 9.79 Å². The van der Waals surface area contributed by atoms with Crippen molar-refractivity contribution in [3.63, 3.8) is 0 Å². The number of rotatable bonds is 8. The molecule has 0 N–H and O–H groups in total. The molecule has 0 aliphatic rings. The maximum absolute atomic E-state index is 12.7. The Morgan fingerprint density at radius 3 is 1.12 bits per heavy atom. The fraction of sp³-hybridized carbons (Fsp3) is 0.0769. The van der Waals surface area contributed by atoms with Gasteiger partial charge in [-0.25, -0.2) is 0 Å². The van der Waals surface area contributed by atoms with E-state index in [1.165, 1.54) is 0 Å². The monoisotopic (exact) mass is 542 g/mol. The topological polar surface area (TPSA) is 68.3 Å². The van der Waals surface area contributed by atoms with E-state index in [1.807, 2.05) is 60.7 Å². The predicted octanol–water partition coefficient (Wildman–Crippen LogP) is 3.29. The summed E-state index contributed by atoms with van der Waals surface area (Å²) in [5.74, 6) is -0.0610. The molecule has 4 aromatic rings. The average molecular weight is 542 g/mol. The molecule has 0 unspecified atom stereocenters. The molecule has 0 radical (unpaired) electrons. The van der Waals surface area contributed by atoms with Crippen molar-refractivity contribution in [1.82, 2.24) is 0 Å². The summed E-state index contributed by atoms with van der Waals surface area (Å²) in [5, 5.41) is 0. The van der Waals surface area contributed by atoms with Crippen molar-refractivity contribution in [2.45, 2.75) is 21.3 Å². The number of hydrogen-bond acceptors (Lipinski definition) is 4. The van der Waals surface area contributed by atoms with Gasteiger partial charge in [-0.05, 0) is 0 Å². The van der Waals surface area contributed by atoms with Gasteiger partial charge in [-0.3, -0.25) is 0 Å². The second-order valence-electron chi connectivity index (χ2n) is 7.53. The summed E-state index contributed by atoms with van der Waals surface area (Å²) in [6.45, 7) is 0. The molecule has 0 bridgehead atoms. The van der Waals surface area contributed by atoms with Crippen LogP contribution in [0.25, 0.3) is 0 Å². The zero-order valence-corrected chi connectivity index (χ0v) is 21.0. The van der Waals surface area contributed by atoms with E-state index in [1.54, 1.807) is 48.5 Å². The Morgan fingerprint density at radius 2 is 0.788 bits per heavy atom. The quantitative estimate of drug-likeness (QED) is 0.321. The number of benzene rings is 4. The molecular weight excluding hydrogens is 519 g/mol. The first-order chi connectivity index (χ1) is 15.8. The molecule has 168 valence electrons. The van der Waals surface area contributed by atoms with Crippen LogP contribution in [0, 0.1) is 0 Å². The van der Waals surface area contributed by atoms with Crippen molar-refractivity contribution < 1.29 is 16.8 Å². The molecule has 4 rings (SSSR count). The van der Waals surface area contributed by atoms with E-state index in [0.717, 1.165) is 20.1 Å². The van der Waals surface area contributed by atoms with Crippen LogP contribution < -0.4 is 8.92 Å². The van der Waals surface area contributed by atoms with Crippen LogP contribution in [-0.4, -0.2) is 31.8 Å². The molecule has 4 aromatic carbocycles. The van der Waals surface area contributed by atoms with E-state index < -0.39 is 19.7 Å². The van der Waals surface area contributed by atoms with Gasteiger partial charge in [0.25, 0.3) is 0 Å². The molecule has 0 amide bonds. The zero-order valence-electron chi connectivity index (χ0n) is 17.7. The molecule has 0 fully saturated rings. The van der Waals surface area contributed by atoms with Crippen molar-refractivity contribution in [3.05, 3.63) is 120 Å². The summed E-state index contributed by atoms with van der Waals surface area (Å²) < 4.78 is 52.8. The van der Waals surface area contributed by atoms with Crippen LogP contribution in [0.2, 0.25) is 0 Å². The molecule has 0 aliphatic heterocycles. The summed E-state index contributed by atoms with van der Waals surface area (Å²) in [6, 6.07) is 32.2. The van der Waals surface area contributed by atoms with Gasteiger partial charge in [-0.2, -0.15) is 0 Å². The van der Waals surface area contributed by atoms with Crippen LogP contribution in [0.4, 0.5) is 0 Å². The number of hydrogen-bond donors (Lipinski definition) is 0. The summed E-state index contributed by atoms with van der Waals surface area (Å²) in [7, 11) is -6.82. The Balaban J connectivity index is 1.43. The molecule has 0 saturated heterocycles.